The lowest BCUT2D eigenvalue weighted by Gasteiger charge is -2.38. The molecule has 0 saturated carbocycles. The van der Waals surface area contributed by atoms with Crippen molar-refractivity contribution in [2.45, 2.75) is 70.6 Å². The number of anilines is 3. The number of piperazine rings is 1. The summed E-state index contributed by atoms with van der Waals surface area (Å²) >= 11 is 1.74. The zero-order valence-corrected chi connectivity index (χ0v) is 29.9. The molecule has 3 heterocycles. The van der Waals surface area contributed by atoms with Crippen LogP contribution in [0.1, 0.15) is 69.5 Å². The second-order valence-electron chi connectivity index (χ2n) is 13.1. The van der Waals surface area contributed by atoms with Gasteiger partial charge in [-0.1, -0.05) is 43.2 Å². The van der Waals surface area contributed by atoms with Crippen molar-refractivity contribution in [1.82, 2.24) is 19.4 Å². The van der Waals surface area contributed by atoms with E-state index in [4.69, 9.17) is 9.72 Å². The summed E-state index contributed by atoms with van der Waals surface area (Å²) in [6.45, 7) is 10.7. The number of ether oxygens (including phenoxy) is 1. The molecular weight excluding hydrogens is 637 g/mol. The van der Waals surface area contributed by atoms with Gasteiger partial charge in [-0.25, -0.2) is 9.78 Å². The lowest BCUT2D eigenvalue weighted by Crippen LogP contribution is -2.49. The van der Waals surface area contributed by atoms with Crippen molar-refractivity contribution in [1.29, 1.82) is 0 Å². The SMILES string of the molecule is CCOC(=O)C(c1ccc(Nc2nc(-c3cccc(NC(=O)C4CC5=C(CCCCC5)S4)c3C)cn(C)c2=O)cc1)N1CCN(CC)CC1. The number of likely N-dealkylation sites (N-methyl/N-ethyl adjacent to an activating group) is 1. The van der Waals surface area contributed by atoms with Crippen molar-refractivity contribution >= 4 is 40.8 Å². The summed E-state index contributed by atoms with van der Waals surface area (Å²) in [5.74, 6) is -0.0292. The predicted octanol–water partition coefficient (Wildman–Crippen LogP) is 6.40. The first kappa shape index (κ1) is 34.9. The Morgan fingerprint density at radius 3 is 2.51 bits per heavy atom. The number of amides is 1. The van der Waals surface area contributed by atoms with Crippen LogP contribution in [-0.4, -0.2) is 75.8 Å². The average Bonchev–Trinajstić information content (AvgIpc) is 3.39. The zero-order valence-electron chi connectivity index (χ0n) is 29.1. The highest BCUT2D eigenvalue weighted by molar-refractivity contribution is 8.04. The molecule has 2 atom stereocenters. The molecule has 11 heteroatoms. The van der Waals surface area contributed by atoms with Crippen LogP contribution >= 0.6 is 11.8 Å². The topological polar surface area (TPSA) is 109 Å². The summed E-state index contributed by atoms with van der Waals surface area (Å²) in [6.07, 6.45) is 8.47. The Morgan fingerprint density at radius 1 is 1.02 bits per heavy atom. The van der Waals surface area contributed by atoms with E-state index in [-0.39, 0.29) is 28.5 Å². The van der Waals surface area contributed by atoms with Gasteiger partial charge in [0, 0.05) is 56.4 Å². The molecule has 49 heavy (non-hydrogen) atoms. The molecule has 1 amide bonds. The maximum atomic E-state index is 13.4. The van der Waals surface area contributed by atoms with E-state index in [1.807, 2.05) is 56.3 Å². The first-order valence-corrected chi connectivity index (χ1v) is 18.5. The Bertz CT molecular complexity index is 1740. The highest BCUT2D eigenvalue weighted by Crippen LogP contribution is 2.44. The number of allylic oxidation sites excluding steroid dienone is 2. The highest BCUT2D eigenvalue weighted by atomic mass is 32.2. The Balaban J connectivity index is 1.18. The molecule has 2 unspecified atom stereocenters. The monoisotopic (exact) mass is 684 g/mol. The smallest absolute Gasteiger partial charge is 0.328 e. The van der Waals surface area contributed by atoms with Crippen molar-refractivity contribution in [3.63, 3.8) is 0 Å². The Hall–Kier alpha value is -3.93. The van der Waals surface area contributed by atoms with Crippen molar-refractivity contribution < 1.29 is 14.3 Å². The Morgan fingerprint density at radius 2 is 1.78 bits per heavy atom. The van der Waals surface area contributed by atoms with E-state index in [1.54, 1.807) is 25.0 Å². The number of benzene rings is 2. The zero-order chi connectivity index (χ0) is 34.5. The van der Waals surface area contributed by atoms with Crippen LogP contribution in [-0.2, 0) is 21.4 Å². The number of hydrogen-bond acceptors (Lipinski definition) is 9. The molecule has 3 aromatic rings. The van der Waals surface area contributed by atoms with Gasteiger partial charge in [0.1, 0.15) is 6.04 Å². The fourth-order valence-corrected chi connectivity index (χ4v) is 8.49. The molecule has 1 aromatic heterocycles. The van der Waals surface area contributed by atoms with Crippen LogP contribution in [0.4, 0.5) is 17.2 Å². The number of aromatic nitrogens is 2. The highest BCUT2D eigenvalue weighted by Gasteiger charge is 2.32. The minimum Gasteiger partial charge on any atom is -0.465 e. The van der Waals surface area contributed by atoms with Gasteiger partial charge in [0.25, 0.3) is 5.56 Å². The number of thioether (sulfide) groups is 1. The molecule has 1 saturated heterocycles. The molecule has 2 N–H and O–H groups in total. The number of carbonyl (C=O) groups is 2. The molecule has 0 bridgehead atoms. The summed E-state index contributed by atoms with van der Waals surface area (Å²) in [5.41, 5.74) is 5.83. The number of carbonyl (C=O) groups excluding carboxylic acids is 2. The second kappa shape index (κ2) is 15.7. The average molecular weight is 685 g/mol. The number of nitrogens with zero attached hydrogens (tertiary/aromatic N) is 4. The summed E-state index contributed by atoms with van der Waals surface area (Å²) in [4.78, 5) is 50.5. The molecule has 1 aliphatic carbocycles. The number of aryl methyl sites for hydroxylation is 1. The van der Waals surface area contributed by atoms with Gasteiger partial charge >= 0.3 is 5.97 Å². The molecule has 1 fully saturated rings. The second-order valence-corrected chi connectivity index (χ2v) is 14.4. The maximum absolute atomic E-state index is 13.4. The third-order valence-corrected chi connectivity index (χ3v) is 11.4. The van der Waals surface area contributed by atoms with Gasteiger partial charge in [0.05, 0.1) is 17.6 Å². The van der Waals surface area contributed by atoms with Gasteiger partial charge in [-0.3, -0.25) is 14.5 Å². The van der Waals surface area contributed by atoms with Crippen molar-refractivity contribution in [2.75, 3.05) is 50.0 Å². The molecule has 2 aromatic carbocycles. The largest absolute Gasteiger partial charge is 0.465 e. The van der Waals surface area contributed by atoms with Crippen LogP contribution in [0.3, 0.4) is 0 Å². The molecule has 3 aliphatic rings. The predicted molar refractivity (Wildman–Crippen MR) is 197 cm³/mol. The minimum absolute atomic E-state index is 0.0333. The van der Waals surface area contributed by atoms with E-state index < -0.39 is 6.04 Å². The quantitative estimate of drug-likeness (QED) is 0.235. The van der Waals surface area contributed by atoms with E-state index in [2.05, 4.69) is 27.4 Å². The van der Waals surface area contributed by atoms with Crippen LogP contribution < -0.4 is 16.2 Å². The molecule has 260 valence electrons. The molecule has 0 spiro atoms. The summed E-state index contributed by atoms with van der Waals surface area (Å²) in [6, 6.07) is 12.9. The Labute approximate surface area is 293 Å². The van der Waals surface area contributed by atoms with E-state index in [9.17, 15) is 14.4 Å². The first-order chi connectivity index (χ1) is 23.7. The number of rotatable bonds is 10. The van der Waals surface area contributed by atoms with Gasteiger partial charge in [0.2, 0.25) is 5.91 Å². The van der Waals surface area contributed by atoms with E-state index in [1.165, 1.54) is 34.3 Å². The van der Waals surface area contributed by atoms with E-state index in [0.717, 1.165) is 74.4 Å². The number of hydrogen-bond donors (Lipinski definition) is 2. The fraction of sp³-hybridized carbons (Fsp3) is 0.474. The van der Waals surface area contributed by atoms with E-state index in [0.29, 0.717) is 18.0 Å². The van der Waals surface area contributed by atoms with Crippen LogP contribution in [0.25, 0.3) is 11.3 Å². The third-order valence-electron chi connectivity index (χ3n) is 9.94. The van der Waals surface area contributed by atoms with Gasteiger partial charge in [-0.05, 0) is 86.7 Å². The van der Waals surface area contributed by atoms with Gasteiger partial charge in [-0.2, -0.15) is 0 Å². The van der Waals surface area contributed by atoms with Gasteiger partial charge in [0.15, 0.2) is 5.82 Å². The molecular formula is C38H48N6O4S. The van der Waals surface area contributed by atoms with Crippen LogP contribution in [0.2, 0.25) is 0 Å². The maximum Gasteiger partial charge on any atom is 0.328 e. The van der Waals surface area contributed by atoms with Crippen molar-refractivity contribution in [2.24, 2.45) is 7.05 Å². The minimum atomic E-state index is -0.489. The molecule has 2 aliphatic heterocycles. The van der Waals surface area contributed by atoms with Gasteiger partial charge < -0.3 is 24.8 Å². The first-order valence-electron chi connectivity index (χ1n) is 17.6. The summed E-state index contributed by atoms with van der Waals surface area (Å²) in [5, 5.41) is 6.31. The third kappa shape index (κ3) is 7.95. The number of nitrogens with one attached hydrogen (secondary N) is 2. The Kier molecular flexibility index (Phi) is 11.2. The fourth-order valence-electron chi connectivity index (χ4n) is 7.08. The van der Waals surface area contributed by atoms with Crippen LogP contribution in [0, 0.1) is 6.92 Å². The lowest BCUT2D eigenvalue weighted by molar-refractivity contribution is -0.150. The normalized spacial score (nSPS) is 19.2. The summed E-state index contributed by atoms with van der Waals surface area (Å²) in [7, 11) is 1.71. The lowest BCUT2D eigenvalue weighted by atomic mass is 10.0. The van der Waals surface area contributed by atoms with Gasteiger partial charge in [-0.15, -0.1) is 11.8 Å². The molecule has 10 nitrogen and oxygen atoms in total. The summed E-state index contributed by atoms with van der Waals surface area (Å²) < 4.78 is 6.99. The standard InChI is InChI=1S/C38H48N6O4S/c1-5-43-19-21-44(22-20-43)34(38(47)48-6-2)26-15-17-28(18-16-26)39-35-37(46)42(4)24-31(40-35)29-12-10-13-30(25(29)3)41-36(45)33-23-27-11-8-7-9-14-32(27)49-33/h10,12-13,15-18,24,33-34H,5-9,11,14,19-23H2,1-4H3,(H,39,40)(H,41,45). The molecule has 6 rings (SSSR count). The van der Waals surface area contributed by atoms with Crippen LogP contribution in [0.15, 0.2) is 63.9 Å². The molecule has 0 radical (unpaired) electrons. The van der Waals surface area contributed by atoms with Crippen LogP contribution in [0.5, 0.6) is 0 Å². The van der Waals surface area contributed by atoms with E-state index >= 15 is 0 Å². The van der Waals surface area contributed by atoms with Crippen molar-refractivity contribution in [3.8, 4) is 11.3 Å². The van der Waals surface area contributed by atoms with Crippen molar-refractivity contribution in [3.05, 3.63) is 80.6 Å². The number of esters is 1.